The summed E-state index contributed by atoms with van der Waals surface area (Å²) >= 11 is 1.34. The van der Waals surface area contributed by atoms with E-state index in [2.05, 4.69) is 15.3 Å². The van der Waals surface area contributed by atoms with E-state index >= 15 is 0 Å². The van der Waals surface area contributed by atoms with E-state index in [4.69, 9.17) is 4.74 Å². The van der Waals surface area contributed by atoms with Gasteiger partial charge in [-0.15, -0.1) is 0 Å². The fourth-order valence-electron chi connectivity index (χ4n) is 1.53. The molecule has 0 unspecified atom stereocenters. The Bertz CT molecular complexity index is 536. The van der Waals surface area contributed by atoms with Gasteiger partial charge in [0.05, 0.1) is 6.61 Å². The number of halogens is 1. The van der Waals surface area contributed by atoms with Gasteiger partial charge in [-0.3, -0.25) is 0 Å². The van der Waals surface area contributed by atoms with Crippen LogP contribution in [0.1, 0.15) is 5.56 Å². The van der Waals surface area contributed by atoms with E-state index in [-0.39, 0.29) is 5.82 Å². The van der Waals surface area contributed by atoms with Crippen molar-refractivity contribution in [3.63, 3.8) is 0 Å². The van der Waals surface area contributed by atoms with Gasteiger partial charge in [-0.1, -0.05) is 6.07 Å². The van der Waals surface area contributed by atoms with E-state index in [1.54, 1.807) is 25.6 Å². The maximum Gasteiger partial charge on any atom is 0.192 e. The molecule has 6 heteroatoms. The summed E-state index contributed by atoms with van der Waals surface area (Å²) in [5.41, 5.74) is 1.00. The topological polar surface area (TPSA) is 47.0 Å². The number of nitrogens with zero attached hydrogens (tertiary/aromatic N) is 2. The van der Waals surface area contributed by atoms with Gasteiger partial charge in [-0.25, -0.2) is 14.4 Å². The maximum atomic E-state index is 13.1. The van der Waals surface area contributed by atoms with E-state index in [1.165, 1.54) is 23.9 Å². The molecule has 0 aliphatic rings. The summed E-state index contributed by atoms with van der Waals surface area (Å²) in [5.74, 6) is -0.256. The molecule has 0 spiro atoms. The van der Waals surface area contributed by atoms with Crippen LogP contribution in [-0.4, -0.2) is 30.2 Å². The zero-order valence-electron chi connectivity index (χ0n) is 11.2. The smallest absolute Gasteiger partial charge is 0.192 e. The fourth-order valence-corrected chi connectivity index (χ4v) is 2.27. The van der Waals surface area contributed by atoms with Crippen LogP contribution in [0.15, 0.2) is 46.7 Å². The van der Waals surface area contributed by atoms with Crippen LogP contribution < -0.4 is 5.32 Å². The Kier molecular flexibility index (Phi) is 5.91. The Morgan fingerprint density at radius 2 is 2.10 bits per heavy atom. The average molecular weight is 293 g/mol. The monoisotopic (exact) mass is 293 g/mol. The number of nitrogens with one attached hydrogen (secondary N) is 1. The second-order valence-corrected chi connectivity index (χ2v) is 5.14. The minimum absolute atomic E-state index is 0.256. The largest absolute Gasteiger partial charge is 0.383 e. The number of hydrogen-bond donors (Lipinski definition) is 1. The Hall–Kier alpha value is -1.50. The van der Waals surface area contributed by atoms with Gasteiger partial charge < -0.3 is 10.1 Å². The van der Waals surface area contributed by atoms with Gasteiger partial charge >= 0.3 is 0 Å². The molecule has 2 aromatic rings. The first-order chi connectivity index (χ1) is 9.78. The van der Waals surface area contributed by atoms with Gasteiger partial charge in [0.25, 0.3) is 0 Å². The third kappa shape index (κ3) is 4.88. The Morgan fingerprint density at radius 3 is 2.80 bits per heavy atom. The van der Waals surface area contributed by atoms with Crippen molar-refractivity contribution in [3.05, 3.63) is 48.0 Å². The number of hydrogen-bond acceptors (Lipinski definition) is 5. The predicted molar refractivity (Wildman–Crippen MR) is 76.1 cm³/mol. The van der Waals surface area contributed by atoms with Crippen molar-refractivity contribution >= 4 is 11.8 Å². The Morgan fingerprint density at radius 1 is 1.30 bits per heavy atom. The Balaban J connectivity index is 1.88. The van der Waals surface area contributed by atoms with Crippen LogP contribution >= 0.6 is 11.8 Å². The molecule has 0 atom stereocenters. The number of methoxy groups -OCH3 is 1. The standard InChI is InChI=1S/C14H16FN3OS/c1-19-6-5-16-8-11-9-17-14(18-10-11)20-13-4-2-3-12(15)7-13/h2-4,7,9-10,16H,5-6,8H2,1H3. The number of benzene rings is 1. The molecule has 0 saturated heterocycles. The van der Waals surface area contributed by atoms with E-state index in [9.17, 15) is 4.39 Å². The number of ether oxygens (including phenoxy) is 1. The zero-order valence-corrected chi connectivity index (χ0v) is 12.0. The van der Waals surface area contributed by atoms with Crippen molar-refractivity contribution in [1.29, 1.82) is 0 Å². The highest BCUT2D eigenvalue weighted by atomic mass is 32.2. The lowest BCUT2D eigenvalue weighted by atomic mass is 10.3. The molecule has 0 aliphatic heterocycles. The summed E-state index contributed by atoms with van der Waals surface area (Å²) in [5, 5.41) is 3.83. The lowest BCUT2D eigenvalue weighted by Crippen LogP contribution is -2.18. The first-order valence-corrected chi connectivity index (χ1v) is 7.03. The maximum absolute atomic E-state index is 13.1. The summed E-state index contributed by atoms with van der Waals surface area (Å²) in [4.78, 5) is 9.31. The van der Waals surface area contributed by atoms with Crippen LogP contribution in [0.2, 0.25) is 0 Å². The van der Waals surface area contributed by atoms with Crippen LogP contribution in [0.25, 0.3) is 0 Å². The lowest BCUT2D eigenvalue weighted by Gasteiger charge is -2.04. The van der Waals surface area contributed by atoms with Gasteiger partial charge in [0.15, 0.2) is 5.16 Å². The average Bonchev–Trinajstić information content (AvgIpc) is 2.45. The molecule has 2 rings (SSSR count). The Labute approximate surface area is 121 Å². The molecular weight excluding hydrogens is 277 g/mol. The van der Waals surface area contributed by atoms with E-state index in [0.29, 0.717) is 18.3 Å². The molecule has 1 N–H and O–H groups in total. The van der Waals surface area contributed by atoms with Crippen LogP contribution in [0.5, 0.6) is 0 Å². The van der Waals surface area contributed by atoms with Gasteiger partial charge in [0.2, 0.25) is 0 Å². The van der Waals surface area contributed by atoms with Gasteiger partial charge in [-0.2, -0.15) is 0 Å². The van der Waals surface area contributed by atoms with Crippen molar-refractivity contribution < 1.29 is 9.13 Å². The highest BCUT2D eigenvalue weighted by Gasteiger charge is 2.02. The molecule has 1 aromatic heterocycles. The molecular formula is C14H16FN3OS. The predicted octanol–water partition coefficient (Wildman–Crippen LogP) is 2.50. The molecule has 0 saturated carbocycles. The van der Waals surface area contributed by atoms with Crippen LogP contribution in [0, 0.1) is 5.82 Å². The quantitative estimate of drug-likeness (QED) is 0.628. The molecule has 0 aliphatic carbocycles. The summed E-state index contributed by atoms with van der Waals surface area (Å²) in [6, 6.07) is 6.39. The molecule has 0 amide bonds. The van der Waals surface area contributed by atoms with Crippen LogP contribution in [0.4, 0.5) is 4.39 Å². The highest BCUT2D eigenvalue weighted by Crippen LogP contribution is 2.24. The molecule has 1 heterocycles. The summed E-state index contributed by atoms with van der Waals surface area (Å²) in [6.45, 7) is 2.17. The van der Waals surface area contributed by atoms with Crippen molar-refractivity contribution in [3.8, 4) is 0 Å². The second kappa shape index (κ2) is 7.94. The number of rotatable bonds is 7. The molecule has 20 heavy (non-hydrogen) atoms. The van der Waals surface area contributed by atoms with Crippen molar-refractivity contribution in [2.45, 2.75) is 16.6 Å². The minimum atomic E-state index is -0.256. The molecule has 0 fully saturated rings. The molecule has 0 bridgehead atoms. The van der Waals surface area contributed by atoms with E-state index in [0.717, 1.165) is 17.0 Å². The van der Waals surface area contributed by atoms with E-state index in [1.807, 2.05) is 6.07 Å². The summed E-state index contributed by atoms with van der Waals surface area (Å²) < 4.78 is 18.0. The minimum Gasteiger partial charge on any atom is -0.383 e. The molecule has 1 aromatic carbocycles. The van der Waals surface area contributed by atoms with Crippen LogP contribution in [0.3, 0.4) is 0 Å². The van der Waals surface area contributed by atoms with E-state index < -0.39 is 0 Å². The first kappa shape index (κ1) is 14.9. The number of aromatic nitrogens is 2. The van der Waals surface area contributed by atoms with Gasteiger partial charge in [0, 0.05) is 43.1 Å². The molecule has 106 valence electrons. The zero-order chi connectivity index (χ0) is 14.2. The van der Waals surface area contributed by atoms with Gasteiger partial charge in [-0.05, 0) is 30.0 Å². The van der Waals surface area contributed by atoms with Crippen molar-refractivity contribution in [1.82, 2.24) is 15.3 Å². The molecule has 4 nitrogen and oxygen atoms in total. The van der Waals surface area contributed by atoms with Gasteiger partial charge in [0.1, 0.15) is 5.82 Å². The SMILES string of the molecule is COCCNCc1cnc(Sc2cccc(F)c2)nc1. The fraction of sp³-hybridized carbons (Fsp3) is 0.286. The third-order valence-electron chi connectivity index (χ3n) is 2.50. The normalized spacial score (nSPS) is 10.7. The second-order valence-electron chi connectivity index (χ2n) is 4.10. The first-order valence-electron chi connectivity index (χ1n) is 6.22. The van der Waals surface area contributed by atoms with Crippen molar-refractivity contribution in [2.24, 2.45) is 0 Å². The lowest BCUT2D eigenvalue weighted by molar-refractivity contribution is 0.199. The van der Waals surface area contributed by atoms with Crippen molar-refractivity contribution in [2.75, 3.05) is 20.3 Å². The molecule has 0 radical (unpaired) electrons. The van der Waals surface area contributed by atoms with Crippen LogP contribution in [-0.2, 0) is 11.3 Å². The third-order valence-corrected chi connectivity index (χ3v) is 3.38. The summed E-state index contributed by atoms with van der Waals surface area (Å²) in [7, 11) is 1.67. The highest BCUT2D eigenvalue weighted by molar-refractivity contribution is 7.99. The summed E-state index contributed by atoms with van der Waals surface area (Å²) in [6.07, 6.45) is 3.54.